The van der Waals surface area contributed by atoms with Crippen LogP contribution in [0.3, 0.4) is 0 Å². The fraction of sp³-hybridized carbons (Fsp3) is 0.0769. The number of amides is 1. The third-order valence-electron chi connectivity index (χ3n) is 2.46. The highest BCUT2D eigenvalue weighted by Gasteiger charge is 2.11. The first-order valence-corrected chi connectivity index (χ1v) is 6.16. The van der Waals surface area contributed by atoms with Crippen molar-refractivity contribution >= 4 is 27.5 Å². The number of rotatable bonds is 2. The summed E-state index contributed by atoms with van der Waals surface area (Å²) in [7, 11) is 0. The lowest BCUT2D eigenvalue weighted by molar-refractivity contribution is 0.102. The zero-order valence-electron chi connectivity index (χ0n) is 9.88. The molecule has 1 heterocycles. The SMILES string of the molecule is Cc1cc(F)c(Br)cc1NC(=O)c1cccc(F)n1. The van der Waals surface area contributed by atoms with Crippen LogP contribution in [0.4, 0.5) is 14.5 Å². The van der Waals surface area contributed by atoms with Crippen molar-refractivity contribution in [1.82, 2.24) is 4.98 Å². The molecule has 0 aliphatic heterocycles. The normalized spacial score (nSPS) is 10.3. The molecule has 1 aromatic heterocycles. The Bertz CT molecular complexity index is 647. The van der Waals surface area contributed by atoms with Crippen LogP contribution in [0.1, 0.15) is 16.1 Å². The second kappa shape index (κ2) is 5.44. The molecule has 0 radical (unpaired) electrons. The van der Waals surface area contributed by atoms with Gasteiger partial charge in [-0.3, -0.25) is 4.79 Å². The van der Waals surface area contributed by atoms with Crippen LogP contribution >= 0.6 is 15.9 Å². The van der Waals surface area contributed by atoms with E-state index in [1.807, 2.05) is 0 Å². The first-order chi connectivity index (χ1) is 8.97. The molecule has 0 saturated heterocycles. The maximum atomic E-state index is 13.3. The van der Waals surface area contributed by atoms with Crippen molar-refractivity contribution in [2.45, 2.75) is 6.92 Å². The zero-order chi connectivity index (χ0) is 14.0. The molecule has 0 saturated carbocycles. The highest BCUT2D eigenvalue weighted by Crippen LogP contribution is 2.24. The average molecular weight is 327 g/mol. The Hall–Kier alpha value is -1.82. The molecule has 1 amide bonds. The van der Waals surface area contributed by atoms with Gasteiger partial charge >= 0.3 is 0 Å². The van der Waals surface area contributed by atoms with Gasteiger partial charge in [0.05, 0.1) is 4.47 Å². The van der Waals surface area contributed by atoms with Gasteiger partial charge in [0.2, 0.25) is 5.95 Å². The Kier molecular flexibility index (Phi) is 3.90. The molecule has 98 valence electrons. The first kappa shape index (κ1) is 13.6. The van der Waals surface area contributed by atoms with E-state index in [0.29, 0.717) is 11.3 Å². The second-order valence-corrected chi connectivity index (χ2v) is 4.74. The Morgan fingerprint density at radius 1 is 1.32 bits per heavy atom. The molecule has 2 rings (SSSR count). The molecule has 0 fully saturated rings. The molecule has 1 aromatic carbocycles. The standard InChI is InChI=1S/C13H9BrF2N2O/c1-7-5-9(15)8(14)6-11(7)18-13(19)10-3-2-4-12(16)17-10/h2-6H,1H3,(H,18,19). The van der Waals surface area contributed by atoms with E-state index >= 15 is 0 Å². The third-order valence-corrected chi connectivity index (χ3v) is 3.07. The molecule has 19 heavy (non-hydrogen) atoms. The fourth-order valence-corrected chi connectivity index (χ4v) is 1.85. The zero-order valence-corrected chi connectivity index (χ0v) is 11.5. The minimum absolute atomic E-state index is 0.0418. The van der Waals surface area contributed by atoms with Crippen molar-refractivity contribution in [2.75, 3.05) is 5.32 Å². The summed E-state index contributed by atoms with van der Waals surface area (Å²) in [5, 5.41) is 2.56. The van der Waals surface area contributed by atoms with Gasteiger partial charge in [-0.25, -0.2) is 9.37 Å². The number of halogens is 3. The molecule has 0 atom stereocenters. The Labute approximate surface area is 116 Å². The molecular weight excluding hydrogens is 318 g/mol. The summed E-state index contributed by atoms with van der Waals surface area (Å²) in [6.07, 6.45) is 0. The van der Waals surface area contributed by atoms with E-state index in [2.05, 4.69) is 26.2 Å². The molecule has 0 unspecified atom stereocenters. The number of aryl methyl sites for hydroxylation is 1. The summed E-state index contributed by atoms with van der Waals surface area (Å²) in [6, 6.07) is 6.67. The predicted molar refractivity (Wildman–Crippen MR) is 71.0 cm³/mol. The average Bonchev–Trinajstić information content (AvgIpc) is 2.36. The maximum absolute atomic E-state index is 13.3. The molecule has 6 heteroatoms. The van der Waals surface area contributed by atoms with Crippen LogP contribution in [0, 0.1) is 18.7 Å². The molecule has 0 aliphatic carbocycles. The van der Waals surface area contributed by atoms with Gasteiger partial charge in [0.1, 0.15) is 11.5 Å². The van der Waals surface area contributed by atoms with Crippen LogP contribution in [0.25, 0.3) is 0 Å². The molecule has 0 aliphatic rings. The lowest BCUT2D eigenvalue weighted by atomic mass is 10.2. The van der Waals surface area contributed by atoms with Crippen LogP contribution in [-0.2, 0) is 0 Å². The van der Waals surface area contributed by atoms with Crippen molar-refractivity contribution in [3.05, 3.63) is 57.8 Å². The van der Waals surface area contributed by atoms with Crippen LogP contribution in [-0.4, -0.2) is 10.9 Å². The van der Waals surface area contributed by atoms with Gasteiger partial charge < -0.3 is 5.32 Å². The summed E-state index contributed by atoms with van der Waals surface area (Å²) in [6.45, 7) is 1.66. The number of carbonyl (C=O) groups is 1. The second-order valence-electron chi connectivity index (χ2n) is 3.88. The number of nitrogens with one attached hydrogen (secondary N) is 1. The van der Waals surface area contributed by atoms with E-state index in [1.54, 1.807) is 6.92 Å². The summed E-state index contributed by atoms with van der Waals surface area (Å²) >= 11 is 3.04. The molecule has 0 bridgehead atoms. The summed E-state index contributed by atoms with van der Waals surface area (Å²) in [5.41, 5.74) is 0.953. The summed E-state index contributed by atoms with van der Waals surface area (Å²) in [4.78, 5) is 15.3. The van der Waals surface area contributed by atoms with E-state index in [4.69, 9.17) is 0 Å². The minimum atomic E-state index is -0.732. The van der Waals surface area contributed by atoms with Crippen molar-refractivity contribution in [2.24, 2.45) is 0 Å². The van der Waals surface area contributed by atoms with Crippen molar-refractivity contribution < 1.29 is 13.6 Å². The van der Waals surface area contributed by atoms with E-state index in [9.17, 15) is 13.6 Å². The van der Waals surface area contributed by atoms with E-state index in [-0.39, 0.29) is 10.2 Å². The molecule has 0 spiro atoms. The van der Waals surface area contributed by atoms with Crippen LogP contribution < -0.4 is 5.32 Å². The number of carbonyl (C=O) groups excluding carboxylic acids is 1. The smallest absolute Gasteiger partial charge is 0.274 e. The predicted octanol–water partition coefficient (Wildman–Crippen LogP) is 3.68. The molecule has 3 nitrogen and oxygen atoms in total. The summed E-state index contributed by atoms with van der Waals surface area (Å²) < 4.78 is 26.4. The third kappa shape index (κ3) is 3.14. The number of hydrogen-bond acceptors (Lipinski definition) is 2. The van der Waals surface area contributed by atoms with E-state index in [1.165, 1.54) is 24.3 Å². The van der Waals surface area contributed by atoms with E-state index < -0.39 is 17.7 Å². The largest absolute Gasteiger partial charge is 0.320 e. The summed E-state index contributed by atoms with van der Waals surface area (Å²) in [5.74, 6) is -1.70. The molecule has 1 N–H and O–H groups in total. The van der Waals surface area contributed by atoms with Gasteiger partial charge in [-0.15, -0.1) is 0 Å². The van der Waals surface area contributed by atoms with Gasteiger partial charge in [-0.05, 0) is 52.7 Å². The molecule has 2 aromatic rings. The van der Waals surface area contributed by atoms with Crippen molar-refractivity contribution in [3.63, 3.8) is 0 Å². The number of anilines is 1. The van der Waals surface area contributed by atoms with Gasteiger partial charge in [0.25, 0.3) is 5.91 Å². The van der Waals surface area contributed by atoms with E-state index in [0.717, 1.165) is 6.07 Å². The quantitative estimate of drug-likeness (QED) is 0.855. The van der Waals surface area contributed by atoms with Crippen LogP contribution in [0.15, 0.2) is 34.8 Å². The van der Waals surface area contributed by atoms with Crippen molar-refractivity contribution in [1.29, 1.82) is 0 Å². The highest BCUT2D eigenvalue weighted by atomic mass is 79.9. The lowest BCUT2D eigenvalue weighted by Crippen LogP contribution is -2.15. The maximum Gasteiger partial charge on any atom is 0.274 e. The number of nitrogens with zero attached hydrogens (tertiary/aromatic N) is 1. The minimum Gasteiger partial charge on any atom is -0.320 e. The lowest BCUT2D eigenvalue weighted by Gasteiger charge is -2.09. The van der Waals surface area contributed by atoms with Gasteiger partial charge in [0.15, 0.2) is 0 Å². The Balaban J connectivity index is 2.27. The topological polar surface area (TPSA) is 42.0 Å². The van der Waals surface area contributed by atoms with Crippen LogP contribution in [0.2, 0.25) is 0 Å². The molecular formula is C13H9BrF2N2O. The van der Waals surface area contributed by atoms with Crippen molar-refractivity contribution in [3.8, 4) is 0 Å². The number of benzene rings is 1. The van der Waals surface area contributed by atoms with Gasteiger partial charge in [0, 0.05) is 5.69 Å². The monoisotopic (exact) mass is 326 g/mol. The Morgan fingerprint density at radius 2 is 2.05 bits per heavy atom. The number of aromatic nitrogens is 1. The fourth-order valence-electron chi connectivity index (χ4n) is 1.50. The van der Waals surface area contributed by atoms with Gasteiger partial charge in [-0.2, -0.15) is 4.39 Å². The number of pyridine rings is 1. The highest BCUT2D eigenvalue weighted by molar-refractivity contribution is 9.10. The van der Waals surface area contributed by atoms with Gasteiger partial charge in [-0.1, -0.05) is 6.07 Å². The number of hydrogen-bond donors (Lipinski definition) is 1. The first-order valence-electron chi connectivity index (χ1n) is 5.37. The van der Waals surface area contributed by atoms with Crippen LogP contribution in [0.5, 0.6) is 0 Å². The Morgan fingerprint density at radius 3 is 2.74 bits per heavy atom.